The van der Waals surface area contributed by atoms with E-state index in [-0.39, 0.29) is 5.91 Å². The second-order valence-corrected chi connectivity index (χ2v) is 4.45. The van der Waals surface area contributed by atoms with Gasteiger partial charge < -0.3 is 14.8 Å². The molecule has 0 aliphatic heterocycles. The summed E-state index contributed by atoms with van der Waals surface area (Å²) in [6, 6.07) is 0. The van der Waals surface area contributed by atoms with Crippen LogP contribution in [0.1, 0.15) is 26.0 Å². The van der Waals surface area contributed by atoms with Crippen molar-refractivity contribution in [3.05, 3.63) is 18.2 Å². The van der Waals surface area contributed by atoms with Crippen LogP contribution in [0, 0.1) is 0 Å². The second kappa shape index (κ2) is 7.87. The van der Waals surface area contributed by atoms with Gasteiger partial charge in [-0.1, -0.05) is 6.92 Å². The maximum atomic E-state index is 11.7. The molecule has 18 heavy (non-hydrogen) atoms. The molecule has 0 aliphatic carbocycles. The van der Waals surface area contributed by atoms with E-state index in [4.69, 9.17) is 0 Å². The van der Waals surface area contributed by atoms with Crippen molar-refractivity contribution in [1.82, 2.24) is 19.8 Å². The molecule has 0 unspecified atom stereocenters. The van der Waals surface area contributed by atoms with Gasteiger partial charge in [-0.2, -0.15) is 0 Å². The molecule has 1 aromatic heterocycles. The lowest BCUT2D eigenvalue weighted by Crippen LogP contribution is -2.29. The number of aromatic nitrogens is 2. The van der Waals surface area contributed by atoms with Crippen molar-refractivity contribution in [3.8, 4) is 0 Å². The van der Waals surface area contributed by atoms with Crippen molar-refractivity contribution >= 4 is 5.91 Å². The average Bonchev–Trinajstić information content (AvgIpc) is 2.81. The van der Waals surface area contributed by atoms with E-state index >= 15 is 0 Å². The van der Waals surface area contributed by atoms with Gasteiger partial charge in [0, 0.05) is 32.8 Å². The zero-order valence-corrected chi connectivity index (χ0v) is 11.6. The van der Waals surface area contributed by atoms with E-state index in [2.05, 4.69) is 17.2 Å². The first-order valence-corrected chi connectivity index (χ1v) is 6.62. The first-order chi connectivity index (χ1) is 8.67. The topological polar surface area (TPSA) is 50.2 Å². The number of hydrogen-bond donors (Lipinski definition) is 1. The number of rotatable bonds is 8. The largest absolute Gasteiger partial charge is 0.344 e. The minimum absolute atomic E-state index is 0.116. The summed E-state index contributed by atoms with van der Waals surface area (Å²) in [5.41, 5.74) is 1.03. The van der Waals surface area contributed by atoms with Crippen LogP contribution in [-0.4, -0.2) is 47.0 Å². The molecule has 0 aliphatic rings. The molecule has 5 heteroatoms. The van der Waals surface area contributed by atoms with E-state index in [0.717, 1.165) is 38.2 Å². The molecular formula is C13H24N4O. The first kappa shape index (κ1) is 14.7. The summed E-state index contributed by atoms with van der Waals surface area (Å²) in [4.78, 5) is 17.7. The van der Waals surface area contributed by atoms with Crippen LogP contribution in [0.25, 0.3) is 0 Å². The van der Waals surface area contributed by atoms with Gasteiger partial charge in [-0.15, -0.1) is 0 Å². The lowest BCUT2D eigenvalue weighted by atomic mass is 10.3. The Hall–Kier alpha value is -1.36. The lowest BCUT2D eigenvalue weighted by Gasteiger charge is -2.14. The maximum Gasteiger partial charge on any atom is 0.242 e. The third-order valence-corrected chi connectivity index (χ3v) is 2.89. The predicted octanol–water partition coefficient (Wildman–Crippen LogP) is 0.903. The van der Waals surface area contributed by atoms with Crippen molar-refractivity contribution in [1.29, 1.82) is 0 Å². The van der Waals surface area contributed by atoms with E-state index < -0.39 is 0 Å². The Bertz CT molecular complexity index is 362. The molecule has 0 atom stereocenters. The fourth-order valence-electron chi connectivity index (χ4n) is 1.59. The van der Waals surface area contributed by atoms with Crippen LogP contribution in [-0.2, 0) is 17.8 Å². The number of carbonyl (C=O) groups is 1. The highest BCUT2D eigenvalue weighted by Gasteiger charge is 2.07. The first-order valence-electron chi connectivity index (χ1n) is 6.62. The van der Waals surface area contributed by atoms with Crippen LogP contribution in [0.2, 0.25) is 0 Å². The summed E-state index contributed by atoms with van der Waals surface area (Å²) in [5.74, 6) is 0.116. The van der Waals surface area contributed by atoms with Crippen LogP contribution < -0.4 is 5.32 Å². The van der Waals surface area contributed by atoms with Gasteiger partial charge in [-0.05, 0) is 19.9 Å². The molecular weight excluding hydrogens is 228 g/mol. The lowest BCUT2D eigenvalue weighted by molar-refractivity contribution is -0.130. The van der Waals surface area contributed by atoms with Gasteiger partial charge in [-0.25, -0.2) is 4.98 Å². The van der Waals surface area contributed by atoms with Crippen molar-refractivity contribution in [2.75, 3.05) is 26.7 Å². The molecule has 1 N–H and O–H groups in total. The molecule has 1 rings (SSSR count). The summed E-state index contributed by atoms with van der Waals surface area (Å²) in [7, 11) is 1.81. The van der Waals surface area contributed by atoms with E-state index in [0.29, 0.717) is 6.54 Å². The summed E-state index contributed by atoms with van der Waals surface area (Å²) in [6.07, 6.45) is 5.74. The molecule has 0 saturated carbocycles. The van der Waals surface area contributed by atoms with E-state index in [9.17, 15) is 4.79 Å². The Morgan fingerprint density at radius 3 is 2.89 bits per heavy atom. The van der Waals surface area contributed by atoms with Crippen LogP contribution in [0.5, 0.6) is 0 Å². The smallest absolute Gasteiger partial charge is 0.242 e. The summed E-state index contributed by atoms with van der Waals surface area (Å²) in [5, 5.41) is 3.34. The molecule has 5 nitrogen and oxygen atoms in total. The highest BCUT2D eigenvalue weighted by molar-refractivity contribution is 5.75. The second-order valence-electron chi connectivity index (χ2n) is 4.45. The Balaban J connectivity index is 2.36. The molecule has 102 valence electrons. The van der Waals surface area contributed by atoms with E-state index in [1.165, 1.54) is 0 Å². The van der Waals surface area contributed by atoms with Gasteiger partial charge in [0.05, 0.1) is 12.0 Å². The molecule has 1 heterocycles. The maximum absolute atomic E-state index is 11.7. The third-order valence-electron chi connectivity index (χ3n) is 2.89. The van der Waals surface area contributed by atoms with Crippen molar-refractivity contribution < 1.29 is 4.79 Å². The minimum atomic E-state index is 0.116. The summed E-state index contributed by atoms with van der Waals surface area (Å²) < 4.78 is 1.85. The molecule has 1 aromatic rings. The molecule has 0 radical (unpaired) electrons. The van der Waals surface area contributed by atoms with Gasteiger partial charge in [0.15, 0.2) is 0 Å². The van der Waals surface area contributed by atoms with E-state index in [1.54, 1.807) is 11.2 Å². The summed E-state index contributed by atoms with van der Waals surface area (Å²) in [6.45, 7) is 7.21. The van der Waals surface area contributed by atoms with Crippen molar-refractivity contribution in [2.24, 2.45) is 0 Å². The van der Waals surface area contributed by atoms with Gasteiger partial charge >= 0.3 is 0 Å². The fraction of sp³-hybridized carbons (Fsp3) is 0.692. The van der Waals surface area contributed by atoms with Crippen LogP contribution in [0.4, 0.5) is 0 Å². The van der Waals surface area contributed by atoms with Gasteiger partial charge in [0.1, 0.15) is 6.54 Å². The molecule has 0 fully saturated rings. The number of amides is 1. The molecule has 0 saturated heterocycles. The molecule has 0 aromatic carbocycles. The third kappa shape index (κ3) is 4.87. The summed E-state index contributed by atoms with van der Waals surface area (Å²) >= 11 is 0. The Morgan fingerprint density at radius 2 is 2.22 bits per heavy atom. The normalized spacial score (nSPS) is 10.6. The van der Waals surface area contributed by atoms with Crippen LogP contribution in [0.3, 0.4) is 0 Å². The number of likely N-dealkylation sites (N-methyl/N-ethyl adjacent to an activating group) is 1. The molecule has 0 bridgehead atoms. The highest BCUT2D eigenvalue weighted by atomic mass is 16.2. The van der Waals surface area contributed by atoms with Gasteiger partial charge in [-0.3, -0.25) is 4.79 Å². The quantitative estimate of drug-likeness (QED) is 0.699. The zero-order valence-electron chi connectivity index (χ0n) is 11.6. The Morgan fingerprint density at radius 1 is 1.44 bits per heavy atom. The monoisotopic (exact) mass is 252 g/mol. The molecule has 0 spiro atoms. The highest BCUT2D eigenvalue weighted by Crippen LogP contribution is 1.98. The average molecular weight is 252 g/mol. The van der Waals surface area contributed by atoms with Crippen LogP contribution >= 0.6 is 0 Å². The van der Waals surface area contributed by atoms with E-state index in [1.807, 2.05) is 24.7 Å². The minimum Gasteiger partial charge on any atom is -0.344 e. The number of imidazole rings is 1. The fourth-order valence-corrected chi connectivity index (χ4v) is 1.59. The zero-order chi connectivity index (χ0) is 13.4. The standard InChI is InChI=1S/C13H24N4O/c1-4-7-14-8-6-12-9-17(11-15-12)10-13(18)16(3)5-2/h9,11,14H,4-8,10H2,1-3H3. The van der Waals surface area contributed by atoms with Crippen molar-refractivity contribution in [2.45, 2.75) is 33.2 Å². The Labute approximate surface area is 109 Å². The molecule has 1 amide bonds. The number of nitrogens with zero attached hydrogens (tertiary/aromatic N) is 3. The Kier molecular flexibility index (Phi) is 6.43. The van der Waals surface area contributed by atoms with Gasteiger partial charge in [0.25, 0.3) is 0 Å². The van der Waals surface area contributed by atoms with Crippen molar-refractivity contribution in [3.63, 3.8) is 0 Å². The SMILES string of the molecule is CCCNCCc1cn(CC(=O)N(C)CC)cn1. The van der Waals surface area contributed by atoms with Crippen LogP contribution in [0.15, 0.2) is 12.5 Å². The predicted molar refractivity (Wildman–Crippen MR) is 72.4 cm³/mol. The number of hydrogen-bond acceptors (Lipinski definition) is 3. The number of carbonyl (C=O) groups excluding carboxylic acids is 1. The number of nitrogens with one attached hydrogen (secondary N) is 1. The van der Waals surface area contributed by atoms with Gasteiger partial charge in [0.2, 0.25) is 5.91 Å².